The summed E-state index contributed by atoms with van der Waals surface area (Å²) in [7, 11) is 0. The van der Waals surface area contributed by atoms with Crippen molar-refractivity contribution in [1.82, 2.24) is 0 Å². The first-order chi connectivity index (χ1) is 13.7. The molecule has 0 bridgehead atoms. The van der Waals surface area contributed by atoms with Gasteiger partial charge in [0.2, 0.25) is 0 Å². The predicted molar refractivity (Wildman–Crippen MR) is 128 cm³/mol. The number of rotatable bonds is 18. The van der Waals surface area contributed by atoms with Gasteiger partial charge in [0.1, 0.15) is 0 Å². The van der Waals surface area contributed by atoms with Crippen molar-refractivity contribution in [3.05, 3.63) is 0 Å². The number of unbranched alkanes of at least 4 members (excludes halogenated alkanes) is 4. The molecule has 0 rings (SSSR count). The van der Waals surface area contributed by atoms with Gasteiger partial charge in [0, 0.05) is 0 Å². The van der Waals surface area contributed by atoms with Crippen molar-refractivity contribution < 1.29 is 15.6 Å². The minimum atomic E-state index is -1.69. The van der Waals surface area contributed by atoms with E-state index in [0.29, 0.717) is 0 Å². The first-order valence-electron chi connectivity index (χ1n) is 11.1. The Labute approximate surface area is 199 Å². The van der Waals surface area contributed by atoms with Crippen molar-refractivity contribution in [2.75, 3.05) is 11.5 Å². The summed E-state index contributed by atoms with van der Waals surface area (Å²) in [4.78, 5) is 24.0. The van der Waals surface area contributed by atoms with E-state index in [9.17, 15) is 9.59 Å². The summed E-state index contributed by atoms with van der Waals surface area (Å²) in [6.45, 7) is 12.7. The Morgan fingerprint density at radius 2 is 1.03 bits per heavy atom. The van der Waals surface area contributed by atoms with Gasteiger partial charge in [-0.1, -0.05) is 0 Å². The SMILES string of the molecule is CC(C)CCCCCSC(C)C(=O)[O][Sb][O]C(=O)C(C)SCCCCCC(C)C. The Morgan fingerprint density at radius 1 is 0.655 bits per heavy atom. The molecule has 0 aromatic carbocycles. The molecule has 29 heavy (non-hydrogen) atoms. The van der Waals surface area contributed by atoms with E-state index in [0.717, 1.165) is 36.2 Å². The average molecular weight is 556 g/mol. The van der Waals surface area contributed by atoms with Gasteiger partial charge in [-0.2, -0.15) is 0 Å². The van der Waals surface area contributed by atoms with E-state index < -0.39 is 22.5 Å². The van der Waals surface area contributed by atoms with E-state index in [-0.39, 0.29) is 22.4 Å². The van der Waals surface area contributed by atoms with Crippen molar-refractivity contribution in [3.63, 3.8) is 0 Å². The molecule has 0 amide bonds. The van der Waals surface area contributed by atoms with Crippen LogP contribution in [0, 0.1) is 11.8 Å². The van der Waals surface area contributed by atoms with Crippen molar-refractivity contribution in [2.24, 2.45) is 11.8 Å². The monoisotopic (exact) mass is 555 g/mol. The molecule has 0 aliphatic rings. The normalized spacial score (nSPS) is 13.5. The third-order valence-electron chi connectivity index (χ3n) is 4.51. The Morgan fingerprint density at radius 3 is 1.38 bits per heavy atom. The van der Waals surface area contributed by atoms with Crippen molar-refractivity contribution in [3.8, 4) is 0 Å². The summed E-state index contributed by atoms with van der Waals surface area (Å²) >= 11 is 1.57. The Hall–Kier alpha value is 0.458. The van der Waals surface area contributed by atoms with Crippen molar-refractivity contribution in [1.29, 1.82) is 0 Å². The number of carbonyl (C=O) groups excluding carboxylic acids is 2. The second-order valence-corrected chi connectivity index (χ2v) is 12.8. The van der Waals surface area contributed by atoms with E-state index >= 15 is 0 Å². The first-order valence-corrected chi connectivity index (χ1v) is 15.3. The zero-order valence-corrected chi connectivity index (χ0v) is 23.5. The molecule has 0 heterocycles. The fourth-order valence-corrected chi connectivity index (χ4v) is 6.23. The van der Waals surface area contributed by atoms with E-state index in [4.69, 9.17) is 6.03 Å². The molecule has 0 aliphatic carbocycles. The molecule has 0 spiro atoms. The Kier molecular flexibility index (Phi) is 19.5. The Balaban J connectivity index is 3.70. The number of hydrogen-bond donors (Lipinski definition) is 0. The van der Waals surface area contributed by atoms with Gasteiger partial charge in [-0.05, 0) is 0 Å². The van der Waals surface area contributed by atoms with Gasteiger partial charge < -0.3 is 0 Å². The van der Waals surface area contributed by atoms with Crippen LogP contribution in [0.5, 0.6) is 0 Å². The van der Waals surface area contributed by atoms with Crippen LogP contribution in [-0.4, -0.2) is 56.4 Å². The summed E-state index contributed by atoms with van der Waals surface area (Å²) in [5.74, 6) is 2.99. The fourth-order valence-electron chi connectivity index (χ4n) is 2.56. The van der Waals surface area contributed by atoms with E-state index in [1.807, 2.05) is 13.8 Å². The van der Waals surface area contributed by atoms with E-state index in [2.05, 4.69) is 27.7 Å². The van der Waals surface area contributed by atoms with Gasteiger partial charge in [-0.3, -0.25) is 0 Å². The zero-order valence-electron chi connectivity index (χ0n) is 19.3. The number of thioether (sulfide) groups is 2. The Bertz CT molecular complexity index is 395. The summed E-state index contributed by atoms with van der Waals surface area (Å²) < 4.78 is 10.5. The molecule has 1 radical (unpaired) electrons. The molecule has 171 valence electrons. The minimum absolute atomic E-state index is 0.188. The molecule has 0 fully saturated rings. The van der Waals surface area contributed by atoms with Crippen LogP contribution in [-0.2, 0) is 15.6 Å². The topological polar surface area (TPSA) is 52.6 Å². The second kappa shape index (κ2) is 19.2. The van der Waals surface area contributed by atoms with Gasteiger partial charge >= 0.3 is 200 Å². The summed E-state index contributed by atoms with van der Waals surface area (Å²) in [6.07, 6.45) is 9.76. The maximum atomic E-state index is 12.0. The third kappa shape index (κ3) is 18.9. The van der Waals surface area contributed by atoms with Gasteiger partial charge in [-0.25, -0.2) is 0 Å². The first kappa shape index (κ1) is 29.5. The standard InChI is InChI=1S/2C11H22O2S.Sb/c2*1-9(2)7-5-4-6-8-14-10(3)11(12)13;/h2*9-10H,4-8H2,1-3H3,(H,12,13);/q;;+2/p-2. The van der Waals surface area contributed by atoms with Gasteiger partial charge in [0.25, 0.3) is 0 Å². The van der Waals surface area contributed by atoms with E-state index in [1.165, 1.54) is 38.5 Å². The molecule has 0 N–H and O–H groups in total. The third-order valence-corrected chi connectivity index (χ3v) is 8.39. The van der Waals surface area contributed by atoms with Crippen LogP contribution in [0.3, 0.4) is 0 Å². The quantitative estimate of drug-likeness (QED) is 0.146. The maximum absolute atomic E-state index is 12.0. The molecule has 2 unspecified atom stereocenters. The predicted octanol–water partition coefficient (Wildman–Crippen LogP) is 6.28. The molecule has 0 saturated heterocycles. The van der Waals surface area contributed by atoms with Crippen molar-refractivity contribution >= 4 is 57.9 Å². The van der Waals surface area contributed by atoms with Crippen LogP contribution in [0.2, 0.25) is 0 Å². The van der Waals surface area contributed by atoms with Gasteiger partial charge in [-0.15, -0.1) is 0 Å². The number of hydrogen-bond acceptors (Lipinski definition) is 6. The molecular formula is C22H42O4S2Sb. The summed E-state index contributed by atoms with van der Waals surface area (Å²) in [6, 6.07) is 0. The number of carbonyl (C=O) groups is 2. The molecule has 2 atom stereocenters. The molecule has 4 nitrogen and oxygen atoms in total. The van der Waals surface area contributed by atoms with Crippen LogP contribution in [0.4, 0.5) is 0 Å². The average Bonchev–Trinajstić information content (AvgIpc) is 2.66. The zero-order chi connectivity index (χ0) is 22.1. The molecule has 0 aliphatic heterocycles. The summed E-state index contributed by atoms with van der Waals surface area (Å²) in [5.41, 5.74) is 0. The molecule has 0 aromatic heterocycles. The fraction of sp³-hybridized carbons (Fsp3) is 0.909. The van der Waals surface area contributed by atoms with Crippen LogP contribution < -0.4 is 0 Å². The van der Waals surface area contributed by atoms with Crippen LogP contribution >= 0.6 is 23.5 Å². The second-order valence-electron chi connectivity index (χ2n) is 8.41. The molecule has 7 heteroatoms. The van der Waals surface area contributed by atoms with E-state index in [1.54, 1.807) is 23.5 Å². The van der Waals surface area contributed by atoms with Crippen LogP contribution in [0.1, 0.15) is 92.9 Å². The van der Waals surface area contributed by atoms with Crippen LogP contribution in [0.15, 0.2) is 0 Å². The van der Waals surface area contributed by atoms with Gasteiger partial charge in [0.15, 0.2) is 0 Å². The van der Waals surface area contributed by atoms with Crippen LogP contribution in [0.25, 0.3) is 0 Å². The summed E-state index contributed by atoms with van der Waals surface area (Å²) in [5, 5.41) is -0.376. The molecule has 0 aromatic rings. The van der Waals surface area contributed by atoms with Crippen molar-refractivity contribution in [2.45, 2.75) is 103 Å². The molecular weight excluding hydrogens is 514 g/mol. The molecule has 0 saturated carbocycles. The van der Waals surface area contributed by atoms with Gasteiger partial charge in [0.05, 0.1) is 0 Å².